The van der Waals surface area contributed by atoms with Gasteiger partial charge in [0.1, 0.15) is 0 Å². The van der Waals surface area contributed by atoms with E-state index in [1.165, 1.54) is 0 Å². The average Bonchev–Trinajstić information content (AvgIpc) is 0.722. The van der Waals surface area contributed by atoms with E-state index < -0.39 is 9.05 Å². The monoisotopic (exact) mass is 236 g/mol. The molecule has 0 aliphatic heterocycles. The van der Waals surface area contributed by atoms with Crippen molar-refractivity contribution in [2.75, 3.05) is 0 Å². The SMILES string of the molecule is O.[Cu+2].[Cu+2].[O-][Si]([O-])([O-])[O-]. The standard InChI is InChI=1S/2Cu.O4Si.H2O/c;;1-5(2,3)4;/h;;;1H2/q2*+2;-4;. The fourth-order valence-electron chi connectivity index (χ4n) is 0. The van der Waals surface area contributed by atoms with Gasteiger partial charge in [0.2, 0.25) is 0 Å². The predicted molar refractivity (Wildman–Crippen MR) is 9.37 cm³/mol. The Morgan fingerprint density at radius 3 is 0.750 bits per heavy atom. The first kappa shape index (κ1) is 23.0. The zero-order valence-electron chi connectivity index (χ0n) is 3.24. The van der Waals surface area contributed by atoms with Gasteiger partial charge in [0, 0.05) is 0 Å². The molecule has 8 heteroatoms. The molecule has 0 atom stereocenters. The molecule has 0 aromatic carbocycles. The van der Waals surface area contributed by atoms with E-state index in [0.717, 1.165) is 0 Å². The summed E-state index contributed by atoms with van der Waals surface area (Å²) in [4.78, 5) is 34.3. The van der Waals surface area contributed by atoms with Crippen molar-refractivity contribution in [2.24, 2.45) is 0 Å². The molecule has 0 bridgehead atoms. The van der Waals surface area contributed by atoms with Crippen molar-refractivity contribution < 1.29 is 58.8 Å². The minimum Gasteiger partial charge on any atom is -0.894 e. The van der Waals surface area contributed by atoms with Crippen LogP contribution in [-0.4, -0.2) is 14.5 Å². The van der Waals surface area contributed by atoms with Gasteiger partial charge in [-0.05, 0) is 0 Å². The normalized spacial score (nSPS) is 7.50. The van der Waals surface area contributed by atoms with Crippen molar-refractivity contribution in [3.05, 3.63) is 0 Å². The van der Waals surface area contributed by atoms with Gasteiger partial charge in [0.05, 0.1) is 0 Å². The molecular weight excluding hydrogens is 235 g/mol. The molecule has 0 aliphatic rings. The summed E-state index contributed by atoms with van der Waals surface area (Å²) < 4.78 is 0. The molecular formula is H2Cu2O5Si. The summed E-state index contributed by atoms with van der Waals surface area (Å²) in [5.74, 6) is 0. The molecule has 0 spiro atoms. The van der Waals surface area contributed by atoms with Crippen molar-refractivity contribution in [1.82, 2.24) is 0 Å². The third-order valence-corrected chi connectivity index (χ3v) is 0. The van der Waals surface area contributed by atoms with E-state index in [-0.39, 0.29) is 39.6 Å². The van der Waals surface area contributed by atoms with Crippen molar-refractivity contribution >= 4 is 9.05 Å². The molecule has 5 nitrogen and oxygen atoms in total. The second-order valence-corrected chi connectivity index (χ2v) is 1.50. The van der Waals surface area contributed by atoms with E-state index >= 15 is 0 Å². The minimum absolute atomic E-state index is 0. The quantitative estimate of drug-likeness (QED) is 0.389. The van der Waals surface area contributed by atoms with E-state index in [4.69, 9.17) is 19.2 Å². The van der Waals surface area contributed by atoms with E-state index in [2.05, 4.69) is 0 Å². The van der Waals surface area contributed by atoms with Crippen LogP contribution in [0.2, 0.25) is 0 Å². The minimum atomic E-state index is -5.61. The smallest absolute Gasteiger partial charge is 0.894 e. The maximum atomic E-state index is 8.58. The largest absolute Gasteiger partial charge is 2.00 e. The number of hydrogen-bond donors (Lipinski definition) is 0. The van der Waals surface area contributed by atoms with E-state index in [1.54, 1.807) is 0 Å². The topological polar surface area (TPSA) is 124 Å². The molecule has 0 aromatic rings. The molecule has 0 fully saturated rings. The molecule has 0 unspecified atom stereocenters. The Hall–Kier alpha value is 1.06. The molecule has 0 saturated heterocycles. The number of hydrogen-bond acceptors (Lipinski definition) is 4. The molecule has 0 saturated carbocycles. The molecule has 0 aliphatic carbocycles. The fraction of sp³-hybridized carbons (Fsp3) is 0. The van der Waals surface area contributed by atoms with Crippen LogP contribution in [0.1, 0.15) is 0 Å². The zero-order chi connectivity index (χ0) is 4.50. The first-order valence-electron chi connectivity index (χ1n) is 0.816. The molecule has 0 rings (SSSR count). The van der Waals surface area contributed by atoms with Gasteiger partial charge in [-0.2, -0.15) is 0 Å². The Kier molecular flexibility index (Phi) is 23.2. The molecule has 0 amide bonds. The maximum absolute atomic E-state index is 8.58. The van der Waals surface area contributed by atoms with Crippen LogP contribution in [0.3, 0.4) is 0 Å². The van der Waals surface area contributed by atoms with E-state index in [1.807, 2.05) is 0 Å². The summed E-state index contributed by atoms with van der Waals surface area (Å²) in [6, 6.07) is 0. The van der Waals surface area contributed by atoms with Gasteiger partial charge >= 0.3 is 34.1 Å². The molecule has 58 valence electrons. The summed E-state index contributed by atoms with van der Waals surface area (Å²) in [7, 11) is -5.61. The predicted octanol–water partition coefficient (Wildman–Crippen LogP) is -5.97. The summed E-state index contributed by atoms with van der Waals surface area (Å²) in [6.45, 7) is 0. The van der Waals surface area contributed by atoms with Crippen molar-refractivity contribution in [1.29, 1.82) is 0 Å². The third-order valence-electron chi connectivity index (χ3n) is 0. The molecule has 8 heavy (non-hydrogen) atoms. The van der Waals surface area contributed by atoms with Crippen molar-refractivity contribution in [3.63, 3.8) is 0 Å². The van der Waals surface area contributed by atoms with Gasteiger partial charge in [-0.25, -0.2) is 0 Å². The van der Waals surface area contributed by atoms with Crippen LogP contribution in [0.5, 0.6) is 0 Å². The Bertz CT molecular complexity index is 25.9. The van der Waals surface area contributed by atoms with Gasteiger partial charge in [-0.3, -0.25) is 0 Å². The van der Waals surface area contributed by atoms with Crippen LogP contribution in [0.15, 0.2) is 0 Å². The van der Waals surface area contributed by atoms with Gasteiger partial charge in [-0.15, -0.1) is 0 Å². The van der Waals surface area contributed by atoms with Crippen LogP contribution in [0.4, 0.5) is 0 Å². The van der Waals surface area contributed by atoms with Crippen LogP contribution >= 0.6 is 0 Å². The van der Waals surface area contributed by atoms with Crippen LogP contribution < -0.4 is 19.2 Å². The Balaban J connectivity index is -0.0000000267. The second kappa shape index (κ2) is 8.06. The summed E-state index contributed by atoms with van der Waals surface area (Å²) in [5.41, 5.74) is 0. The van der Waals surface area contributed by atoms with Crippen LogP contribution in [0.25, 0.3) is 0 Å². The van der Waals surface area contributed by atoms with Crippen LogP contribution in [-0.2, 0) is 34.1 Å². The summed E-state index contributed by atoms with van der Waals surface area (Å²) >= 11 is 0. The Labute approximate surface area is 68.1 Å². The maximum Gasteiger partial charge on any atom is 2.00 e. The Morgan fingerprint density at radius 2 is 0.750 bits per heavy atom. The Morgan fingerprint density at radius 1 is 0.750 bits per heavy atom. The number of rotatable bonds is 0. The van der Waals surface area contributed by atoms with Gasteiger partial charge < -0.3 is 33.7 Å². The summed E-state index contributed by atoms with van der Waals surface area (Å²) in [6.07, 6.45) is 0. The third kappa shape index (κ3) is 232. The molecule has 0 heterocycles. The zero-order valence-corrected chi connectivity index (χ0v) is 6.12. The van der Waals surface area contributed by atoms with E-state index in [9.17, 15) is 0 Å². The van der Waals surface area contributed by atoms with Gasteiger partial charge in [0.15, 0.2) is 0 Å². The van der Waals surface area contributed by atoms with E-state index in [0.29, 0.717) is 0 Å². The first-order valence-corrected chi connectivity index (χ1v) is 2.45. The fourth-order valence-corrected chi connectivity index (χ4v) is 0. The average molecular weight is 237 g/mol. The van der Waals surface area contributed by atoms with Gasteiger partial charge in [0.25, 0.3) is 0 Å². The summed E-state index contributed by atoms with van der Waals surface area (Å²) in [5, 5.41) is 0. The van der Waals surface area contributed by atoms with Crippen LogP contribution in [0, 0.1) is 0 Å². The molecule has 2 N–H and O–H groups in total. The molecule has 2 radical (unpaired) electrons. The molecule has 0 aromatic heterocycles. The van der Waals surface area contributed by atoms with Gasteiger partial charge in [-0.1, -0.05) is 0 Å². The first-order chi connectivity index (χ1) is 2.00. The van der Waals surface area contributed by atoms with Crippen molar-refractivity contribution in [3.8, 4) is 0 Å². The van der Waals surface area contributed by atoms with Crippen molar-refractivity contribution in [2.45, 2.75) is 0 Å². The second-order valence-electron chi connectivity index (χ2n) is 0.500.